The monoisotopic (exact) mass is 376 g/mol. The Bertz CT molecular complexity index is 1100. The van der Waals surface area contributed by atoms with Crippen molar-refractivity contribution in [3.05, 3.63) is 89.6 Å². The lowest BCUT2D eigenvalue weighted by atomic mass is 10.1. The van der Waals surface area contributed by atoms with Crippen LogP contribution in [0.25, 0.3) is 11.3 Å². The van der Waals surface area contributed by atoms with Gasteiger partial charge in [-0.1, -0.05) is 35.0 Å². The number of nitrogens with zero attached hydrogens (tertiary/aromatic N) is 3. The van der Waals surface area contributed by atoms with E-state index in [0.717, 1.165) is 5.56 Å². The average molecular weight is 376 g/mol. The number of amides is 1. The average Bonchev–Trinajstić information content (AvgIpc) is 3.34. The Kier molecular flexibility index (Phi) is 4.72. The maximum atomic E-state index is 13.0. The van der Waals surface area contributed by atoms with Crippen LogP contribution >= 0.6 is 0 Å². The van der Waals surface area contributed by atoms with Crippen molar-refractivity contribution in [2.75, 3.05) is 5.32 Å². The van der Waals surface area contributed by atoms with Crippen LogP contribution in [0.2, 0.25) is 0 Å². The minimum atomic E-state index is -0.410. The number of aromatic nitrogens is 3. The number of carbonyl (C=O) groups is 1. The Morgan fingerprint density at radius 1 is 1.14 bits per heavy atom. The predicted octanol–water partition coefficient (Wildman–Crippen LogP) is 4.29. The first-order chi connectivity index (χ1) is 13.6. The number of hydrogen-bond donors (Lipinski definition) is 1. The van der Waals surface area contributed by atoms with Crippen LogP contribution in [0.15, 0.2) is 71.5 Å². The molecule has 2 heterocycles. The van der Waals surface area contributed by atoms with Gasteiger partial charge in [0.25, 0.3) is 5.91 Å². The first-order valence-corrected chi connectivity index (χ1v) is 8.69. The van der Waals surface area contributed by atoms with Crippen LogP contribution in [-0.4, -0.2) is 20.8 Å². The highest BCUT2D eigenvalue weighted by atomic mass is 19.1. The van der Waals surface area contributed by atoms with E-state index in [1.165, 1.54) is 23.8 Å². The van der Waals surface area contributed by atoms with Gasteiger partial charge in [-0.25, -0.2) is 4.39 Å². The summed E-state index contributed by atoms with van der Waals surface area (Å²) in [4.78, 5) is 12.4. The molecular weight excluding hydrogens is 359 g/mol. The number of nitrogens with one attached hydrogen (secondary N) is 1. The zero-order chi connectivity index (χ0) is 19.5. The van der Waals surface area contributed by atoms with Crippen molar-refractivity contribution < 1.29 is 13.7 Å². The minimum Gasteiger partial charge on any atom is -0.355 e. The van der Waals surface area contributed by atoms with E-state index < -0.39 is 5.91 Å². The molecule has 4 aromatic rings. The van der Waals surface area contributed by atoms with E-state index in [9.17, 15) is 9.18 Å². The molecule has 0 spiro atoms. The third-order valence-electron chi connectivity index (χ3n) is 4.23. The van der Waals surface area contributed by atoms with Crippen molar-refractivity contribution in [3.63, 3.8) is 0 Å². The maximum absolute atomic E-state index is 13.0. The standard InChI is InChI=1S/C21H17FN4O2/c1-14-2-4-15(5-3-14)12-26-13-18(11-23-26)24-21(27)19-10-20(28-25-19)16-6-8-17(22)9-7-16/h2-11,13H,12H2,1H3,(H,24,27). The molecule has 0 unspecified atom stereocenters. The molecule has 0 aliphatic heterocycles. The summed E-state index contributed by atoms with van der Waals surface area (Å²) >= 11 is 0. The smallest absolute Gasteiger partial charge is 0.277 e. The van der Waals surface area contributed by atoms with Gasteiger partial charge in [0.2, 0.25) is 0 Å². The van der Waals surface area contributed by atoms with Gasteiger partial charge in [0.05, 0.1) is 18.4 Å². The molecule has 0 saturated carbocycles. The summed E-state index contributed by atoms with van der Waals surface area (Å²) in [6, 6.07) is 15.5. The molecule has 0 saturated heterocycles. The minimum absolute atomic E-state index is 0.130. The molecule has 0 fully saturated rings. The molecule has 0 atom stereocenters. The maximum Gasteiger partial charge on any atom is 0.277 e. The second-order valence-electron chi connectivity index (χ2n) is 6.45. The van der Waals surface area contributed by atoms with E-state index in [0.29, 0.717) is 23.6 Å². The van der Waals surface area contributed by atoms with Gasteiger partial charge in [-0.3, -0.25) is 9.48 Å². The first-order valence-electron chi connectivity index (χ1n) is 8.69. The number of rotatable bonds is 5. The third-order valence-corrected chi connectivity index (χ3v) is 4.23. The topological polar surface area (TPSA) is 73.0 Å². The van der Waals surface area contributed by atoms with Gasteiger partial charge in [-0.05, 0) is 36.8 Å². The van der Waals surface area contributed by atoms with Crippen LogP contribution in [0.3, 0.4) is 0 Å². The third kappa shape index (κ3) is 3.98. The Hall–Kier alpha value is -3.74. The second kappa shape index (κ2) is 7.48. The number of anilines is 1. The number of benzene rings is 2. The molecule has 6 nitrogen and oxygen atoms in total. The van der Waals surface area contributed by atoms with Crippen LogP contribution in [0.5, 0.6) is 0 Å². The lowest BCUT2D eigenvalue weighted by molar-refractivity contribution is 0.101. The van der Waals surface area contributed by atoms with Gasteiger partial charge >= 0.3 is 0 Å². The first kappa shape index (κ1) is 17.7. The van der Waals surface area contributed by atoms with Crippen LogP contribution in [0.1, 0.15) is 21.6 Å². The molecule has 140 valence electrons. The van der Waals surface area contributed by atoms with E-state index in [2.05, 4.69) is 15.6 Å². The molecule has 1 N–H and O–H groups in total. The lowest BCUT2D eigenvalue weighted by Crippen LogP contribution is -2.11. The van der Waals surface area contributed by atoms with Gasteiger partial charge < -0.3 is 9.84 Å². The van der Waals surface area contributed by atoms with E-state index in [1.54, 1.807) is 29.2 Å². The van der Waals surface area contributed by atoms with Gasteiger partial charge in [0, 0.05) is 17.8 Å². The summed E-state index contributed by atoms with van der Waals surface area (Å²) in [5.74, 6) is -0.365. The van der Waals surface area contributed by atoms with Gasteiger partial charge in [-0.2, -0.15) is 5.10 Å². The van der Waals surface area contributed by atoms with Crippen molar-refractivity contribution in [1.82, 2.24) is 14.9 Å². The van der Waals surface area contributed by atoms with Crippen molar-refractivity contribution in [1.29, 1.82) is 0 Å². The van der Waals surface area contributed by atoms with E-state index in [1.807, 2.05) is 31.2 Å². The van der Waals surface area contributed by atoms with Gasteiger partial charge in [0.1, 0.15) is 5.82 Å². The Balaban J connectivity index is 1.42. The summed E-state index contributed by atoms with van der Waals surface area (Å²) in [6.45, 7) is 2.64. The Morgan fingerprint density at radius 2 is 1.89 bits per heavy atom. The number of carbonyl (C=O) groups excluding carboxylic acids is 1. The molecule has 2 aromatic carbocycles. The fourth-order valence-corrected chi connectivity index (χ4v) is 2.72. The van der Waals surface area contributed by atoms with Gasteiger partial charge in [-0.15, -0.1) is 0 Å². The van der Waals surface area contributed by atoms with Crippen molar-refractivity contribution >= 4 is 11.6 Å². The van der Waals surface area contributed by atoms with Crippen molar-refractivity contribution in [3.8, 4) is 11.3 Å². The molecule has 0 aliphatic carbocycles. The largest absolute Gasteiger partial charge is 0.355 e. The quantitative estimate of drug-likeness (QED) is 0.564. The molecule has 7 heteroatoms. The normalized spacial score (nSPS) is 10.8. The molecule has 0 aliphatic rings. The summed E-state index contributed by atoms with van der Waals surface area (Å²) in [6.07, 6.45) is 3.33. The summed E-state index contributed by atoms with van der Waals surface area (Å²) in [5.41, 5.74) is 3.64. The zero-order valence-electron chi connectivity index (χ0n) is 15.1. The molecule has 0 bridgehead atoms. The molecule has 0 radical (unpaired) electrons. The highest BCUT2D eigenvalue weighted by Crippen LogP contribution is 2.21. The fourth-order valence-electron chi connectivity index (χ4n) is 2.72. The summed E-state index contributed by atoms with van der Waals surface area (Å²) in [7, 11) is 0. The Labute approximate surface area is 160 Å². The van der Waals surface area contributed by atoms with Crippen LogP contribution in [0.4, 0.5) is 10.1 Å². The van der Waals surface area contributed by atoms with E-state index in [-0.39, 0.29) is 11.5 Å². The molecule has 2 aromatic heterocycles. The number of halogens is 1. The summed E-state index contributed by atoms with van der Waals surface area (Å²) < 4.78 is 19.9. The van der Waals surface area contributed by atoms with Crippen LogP contribution < -0.4 is 5.32 Å². The molecule has 1 amide bonds. The van der Waals surface area contributed by atoms with Crippen LogP contribution in [0, 0.1) is 12.7 Å². The molecule has 28 heavy (non-hydrogen) atoms. The van der Waals surface area contributed by atoms with E-state index in [4.69, 9.17) is 4.52 Å². The van der Waals surface area contributed by atoms with Crippen molar-refractivity contribution in [2.45, 2.75) is 13.5 Å². The van der Waals surface area contributed by atoms with Gasteiger partial charge in [0.15, 0.2) is 11.5 Å². The predicted molar refractivity (Wildman–Crippen MR) is 102 cm³/mol. The zero-order valence-corrected chi connectivity index (χ0v) is 15.1. The Morgan fingerprint density at radius 3 is 2.64 bits per heavy atom. The SMILES string of the molecule is Cc1ccc(Cn2cc(NC(=O)c3cc(-c4ccc(F)cc4)on3)cn2)cc1. The van der Waals surface area contributed by atoms with Crippen LogP contribution in [-0.2, 0) is 6.54 Å². The highest BCUT2D eigenvalue weighted by Gasteiger charge is 2.15. The lowest BCUT2D eigenvalue weighted by Gasteiger charge is -2.02. The second-order valence-corrected chi connectivity index (χ2v) is 6.45. The fraction of sp³-hybridized carbons (Fsp3) is 0.0952. The molecular formula is C21H17FN4O2. The number of aryl methyl sites for hydroxylation is 1. The van der Waals surface area contributed by atoms with Crippen molar-refractivity contribution in [2.24, 2.45) is 0 Å². The highest BCUT2D eigenvalue weighted by molar-refractivity contribution is 6.03. The van der Waals surface area contributed by atoms with E-state index >= 15 is 0 Å². The number of hydrogen-bond acceptors (Lipinski definition) is 4. The summed E-state index contributed by atoms with van der Waals surface area (Å²) in [5, 5.41) is 10.8. The molecule has 4 rings (SSSR count).